The molecule has 2 aromatic heterocycles. The molecule has 9 heteroatoms. The van der Waals surface area contributed by atoms with Crippen LogP contribution in [0, 0.1) is 0 Å². The molecule has 3 heterocycles. The Bertz CT molecular complexity index is 1010. The molecule has 0 spiro atoms. The van der Waals surface area contributed by atoms with Crippen molar-refractivity contribution in [2.45, 2.75) is 31.7 Å². The zero-order valence-electron chi connectivity index (χ0n) is 17.7. The normalized spacial score (nSPS) is 15.4. The molecule has 0 bridgehead atoms. The van der Waals surface area contributed by atoms with Crippen LogP contribution in [0.5, 0.6) is 5.75 Å². The number of nitrogens with one attached hydrogen (secondary N) is 2. The lowest BCUT2D eigenvalue weighted by molar-refractivity contribution is 0.102. The van der Waals surface area contributed by atoms with Crippen LogP contribution in [0.15, 0.2) is 55.0 Å². The van der Waals surface area contributed by atoms with E-state index in [4.69, 9.17) is 10.5 Å². The van der Waals surface area contributed by atoms with Gasteiger partial charge in [-0.05, 0) is 62.2 Å². The molecular formula is C23H27ClN6O2. The number of benzene rings is 1. The number of halogens is 1. The molecule has 1 saturated heterocycles. The molecule has 1 aliphatic rings. The van der Waals surface area contributed by atoms with Gasteiger partial charge in [-0.3, -0.25) is 9.78 Å². The van der Waals surface area contributed by atoms with Gasteiger partial charge in [-0.15, -0.1) is 12.4 Å². The number of nitrogen functional groups attached to an aromatic ring is 1. The summed E-state index contributed by atoms with van der Waals surface area (Å²) >= 11 is 0. The molecule has 32 heavy (non-hydrogen) atoms. The summed E-state index contributed by atoms with van der Waals surface area (Å²) in [6, 6.07) is 11.6. The topological polar surface area (TPSA) is 115 Å². The van der Waals surface area contributed by atoms with Gasteiger partial charge in [0.1, 0.15) is 5.75 Å². The Kier molecular flexibility index (Phi) is 8.35. The minimum absolute atomic E-state index is 0. The van der Waals surface area contributed by atoms with Crippen molar-refractivity contribution in [1.82, 2.24) is 20.3 Å². The lowest BCUT2D eigenvalue weighted by Crippen LogP contribution is -2.35. The van der Waals surface area contributed by atoms with E-state index < -0.39 is 5.91 Å². The third-order valence-electron chi connectivity index (χ3n) is 5.23. The number of hydrogen-bond donors (Lipinski definition) is 3. The molecule has 8 nitrogen and oxygen atoms in total. The number of nitrogens with two attached hydrogens (primary N) is 1. The number of nitrogens with zero attached hydrogens (tertiary/aromatic N) is 3. The van der Waals surface area contributed by atoms with E-state index in [0.717, 1.165) is 24.3 Å². The van der Waals surface area contributed by atoms with E-state index in [9.17, 15) is 4.79 Å². The average Bonchev–Trinajstić information content (AvgIpc) is 2.81. The van der Waals surface area contributed by atoms with E-state index in [1.54, 1.807) is 30.7 Å². The number of piperidine rings is 1. The molecular weight excluding hydrogens is 428 g/mol. The van der Waals surface area contributed by atoms with Gasteiger partial charge in [0.25, 0.3) is 5.91 Å². The van der Waals surface area contributed by atoms with Gasteiger partial charge in [-0.2, -0.15) is 0 Å². The molecule has 1 aliphatic heterocycles. The van der Waals surface area contributed by atoms with Gasteiger partial charge in [0.2, 0.25) is 0 Å². The van der Waals surface area contributed by atoms with Gasteiger partial charge in [0.15, 0.2) is 11.5 Å². The van der Waals surface area contributed by atoms with Gasteiger partial charge >= 0.3 is 0 Å². The first-order valence-corrected chi connectivity index (χ1v) is 10.5. The summed E-state index contributed by atoms with van der Waals surface area (Å²) in [6.07, 6.45) is 9.51. The van der Waals surface area contributed by atoms with Crippen LogP contribution in [-0.2, 0) is 0 Å². The summed E-state index contributed by atoms with van der Waals surface area (Å²) in [7, 11) is 0. The maximum atomic E-state index is 12.6. The van der Waals surface area contributed by atoms with Crippen LogP contribution < -0.4 is 21.1 Å². The Morgan fingerprint density at radius 1 is 1.19 bits per heavy atom. The first-order chi connectivity index (χ1) is 15.2. The van der Waals surface area contributed by atoms with Crippen molar-refractivity contribution in [2.24, 2.45) is 0 Å². The SMILES string of the molecule is Cl.Nc1ncc(-c2ccc(OCCC3CCCCN3)cc2)nc1C(=O)Nc1cccnc1. The molecule has 0 aliphatic carbocycles. The quantitative estimate of drug-likeness (QED) is 0.498. The standard InChI is InChI=1S/C23H26N6O2.ClH/c24-22-21(23(30)28-18-5-3-11-25-14-18)29-20(15-27-22)16-6-8-19(9-7-16)31-13-10-17-4-1-2-12-26-17;/h3,5-9,11,14-15,17,26H,1-2,4,10,12-13H2,(H2,24,27)(H,28,30);1H. The van der Waals surface area contributed by atoms with Gasteiger partial charge in [0, 0.05) is 17.8 Å². The summed E-state index contributed by atoms with van der Waals surface area (Å²) in [6.45, 7) is 1.78. The fourth-order valence-corrected chi connectivity index (χ4v) is 3.54. The number of carbonyl (C=O) groups is 1. The molecule has 1 atom stereocenters. The summed E-state index contributed by atoms with van der Waals surface area (Å²) in [5.74, 6) is 0.440. The largest absolute Gasteiger partial charge is 0.494 e. The van der Waals surface area contributed by atoms with E-state index in [1.165, 1.54) is 19.3 Å². The van der Waals surface area contributed by atoms with Crippen molar-refractivity contribution < 1.29 is 9.53 Å². The summed E-state index contributed by atoms with van der Waals surface area (Å²) in [5, 5.41) is 6.26. The van der Waals surface area contributed by atoms with Gasteiger partial charge in [-0.25, -0.2) is 9.97 Å². The minimum atomic E-state index is -0.434. The summed E-state index contributed by atoms with van der Waals surface area (Å²) < 4.78 is 5.88. The molecule has 1 fully saturated rings. The highest BCUT2D eigenvalue weighted by molar-refractivity contribution is 6.05. The van der Waals surface area contributed by atoms with Crippen LogP contribution in [0.1, 0.15) is 36.2 Å². The summed E-state index contributed by atoms with van der Waals surface area (Å²) in [4.78, 5) is 25.1. The van der Waals surface area contributed by atoms with E-state index in [2.05, 4.69) is 25.6 Å². The van der Waals surface area contributed by atoms with E-state index in [0.29, 0.717) is 24.0 Å². The van der Waals surface area contributed by atoms with E-state index in [-0.39, 0.29) is 23.9 Å². The predicted molar refractivity (Wildman–Crippen MR) is 127 cm³/mol. The molecule has 1 amide bonds. The van der Waals surface area contributed by atoms with E-state index in [1.807, 2.05) is 24.3 Å². The second-order valence-corrected chi connectivity index (χ2v) is 7.49. The molecule has 4 rings (SSSR count). The highest BCUT2D eigenvalue weighted by atomic mass is 35.5. The Balaban J connectivity index is 0.00000289. The number of aromatic nitrogens is 3. The first kappa shape index (κ1) is 23.4. The molecule has 1 unspecified atom stereocenters. The maximum absolute atomic E-state index is 12.6. The lowest BCUT2D eigenvalue weighted by atomic mass is 10.0. The minimum Gasteiger partial charge on any atom is -0.494 e. The molecule has 168 valence electrons. The first-order valence-electron chi connectivity index (χ1n) is 10.5. The van der Waals surface area contributed by atoms with Crippen molar-refractivity contribution in [3.63, 3.8) is 0 Å². The number of pyridine rings is 1. The van der Waals surface area contributed by atoms with Gasteiger partial charge in [-0.1, -0.05) is 6.42 Å². The Morgan fingerprint density at radius 2 is 2.03 bits per heavy atom. The van der Waals surface area contributed by atoms with Crippen LogP contribution in [0.2, 0.25) is 0 Å². The smallest absolute Gasteiger partial charge is 0.278 e. The maximum Gasteiger partial charge on any atom is 0.278 e. The van der Waals surface area contributed by atoms with Crippen LogP contribution in [0.3, 0.4) is 0 Å². The predicted octanol–water partition coefficient (Wildman–Crippen LogP) is 3.71. The summed E-state index contributed by atoms with van der Waals surface area (Å²) in [5.41, 5.74) is 7.90. The highest BCUT2D eigenvalue weighted by Crippen LogP contribution is 2.22. The second-order valence-electron chi connectivity index (χ2n) is 7.49. The zero-order chi connectivity index (χ0) is 21.5. The second kappa shape index (κ2) is 11.4. The Morgan fingerprint density at radius 3 is 2.75 bits per heavy atom. The Hall–Kier alpha value is -3.23. The van der Waals surface area contributed by atoms with Gasteiger partial charge in [0.05, 0.1) is 30.4 Å². The molecule has 1 aromatic carbocycles. The molecule has 0 saturated carbocycles. The fourth-order valence-electron chi connectivity index (χ4n) is 3.54. The highest BCUT2D eigenvalue weighted by Gasteiger charge is 2.15. The number of rotatable bonds is 7. The molecule has 3 aromatic rings. The van der Waals surface area contributed by atoms with E-state index >= 15 is 0 Å². The van der Waals surface area contributed by atoms with Crippen molar-refractivity contribution in [3.05, 3.63) is 60.7 Å². The number of hydrogen-bond acceptors (Lipinski definition) is 7. The van der Waals surface area contributed by atoms with Crippen molar-refractivity contribution in [2.75, 3.05) is 24.2 Å². The molecule has 0 radical (unpaired) electrons. The third-order valence-corrected chi connectivity index (χ3v) is 5.23. The fraction of sp³-hybridized carbons (Fsp3) is 0.304. The number of carbonyl (C=O) groups excluding carboxylic acids is 1. The number of ether oxygens (including phenoxy) is 1. The van der Waals surface area contributed by atoms with Gasteiger partial charge < -0.3 is 21.1 Å². The van der Waals surface area contributed by atoms with Crippen molar-refractivity contribution in [3.8, 4) is 17.0 Å². The zero-order valence-corrected chi connectivity index (χ0v) is 18.5. The molecule has 4 N–H and O–H groups in total. The van der Waals surface area contributed by atoms with Crippen LogP contribution in [0.25, 0.3) is 11.3 Å². The van der Waals surface area contributed by atoms with Crippen LogP contribution >= 0.6 is 12.4 Å². The van der Waals surface area contributed by atoms with Crippen molar-refractivity contribution >= 4 is 29.8 Å². The monoisotopic (exact) mass is 454 g/mol. The Labute approximate surface area is 193 Å². The number of anilines is 2. The lowest BCUT2D eigenvalue weighted by Gasteiger charge is -2.23. The third kappa shape index (κ3) is 6.15. The van der Waals surface area contributed by atoms with Crippen molar-refractivity contribution in [1.29, 1.82) is 0 Å². The average molecular weight is 455 g/mol. The number of amides is 1. The van der Waals surface area contributed by atoms with Crippen LogP contribution in [0.4, 0.5) is 11.5 Å². The van der Waals surface area contributed by atoms with Crippen LogP contribution in [-0.4, -0.2) is 40.1 Å².